The molecule has 1 amide bonds. The van der Waals surface area contributed by atoms with Crippen molar-refractivity contribution in [2.24, 2.45) is 4.99 Å². The van der Waals surface area contributed by atoms with E-state index in [4.69, 9.17) is 4.74 Å². The molecular formula is C20H34IN5O2S. The van der Waals surface area contributed by atoms with Crippen LogP contribution in [0.3, 0.4) is 0 Å². The Balaban J connectivity index is 0.00000300. The zero-order valence-corrected chi connectivity index (χ0v) is 20.6. The first-order chi connectivity index (χ1) is 13.6. The molecule has 0 aliphatic carbocycles. The summed E-state index contributed by atoms with van der Waals surface area (Å²) in [7, 11) is 3.51. The van der Waals surface area contributed by atoms with Gasteiger partial charge >= 0.3 is 0 Å². The number of ether oxygens (including phenoxy) is 1. The first kappa shape index (κ1) is 24.4. The highest BCUT2D eigenvalue weighted by atomic mass is 127. The van der Waals surface area contributed by atoms with Crippen molar-refractivity contribution in [2.75, 3.05) is 53.4 Å². The Bertz CT molecular complexity index is 629. The molecule has 2 atom stereocenters. The SMILES string of the molecule is CN(C)C(=O)CN=C(NCC1CCCO1)NCC(c1cccs1)N1CCCC1.I. The summed E-state index contributed by atoms with van der Waals surface area (Å²) >= 11 is 1.80. The molecule has 29 heavy (non-hydrogen) atoms. The molecule has 1 aromatic rings. The first-order valence-electron chi connectivity index (χ1n) is 10.2. The molecule has 0 radical (unpaired) electrons. The Hall–Kier alpha value is -0.910. The Morgan fingerprint density at radius 2 is 2.14 bits per heavy atom. The third-order valence-corrected chi connectivity index (χ3v) is 6.28. The number of carbonyl (C=O) groups excluding carboxylic acids is 1. The Labute approximate surface area is 195 Å². The fourth-order valence-corrected chi connectivity index (χ4v) is 4.48. The molecule has 2 N–H and O–H groups in total. The minimum atomic E-state index is -0.00688. The van der Waals surface area contributed by atoms with Crippen molar-refractivity contribution in [1.82, 2.24) is 20.4 Å². The number of guanidine groups is 1. The molecule has 2 aliphatic heterocycles. The molecule has 2 aliphatic rings. The van der Waals surface area contributed by atoms with E-state index in [9.17, 15) is 4.79 Å². The molecular weight excluding hydrogens is 501 g/mol. The lowest BCUT2D eigenvalue weighted by molar-refractivity contribution is -0.127. The number of hydrogen-bond donors (Lipinski definition) is 2. The molecule has 7 nitrogen and oxygen atoms in total. The number of likely N-dealkylation sites (tertiary alicyclic amines) is 1. The molecule has 2 unspecified atom stereocenters. The predicted octanol–water partition coefficient (Wildman–Crippen LogP) is 2.31. The third-order valence-electron chi connectivity index (χ3n) is 5.31. The Morgan fingerprint density at radius 1 is 1.34 bits per heavy atom. The second kappa shape index (κ2) is 12.7. The van der Waals surface area contributed by atoms with E-state index in [1.807, 2.05) is 0 Å². The summed E-state index contributed by atoms with van der Waals surface area (Å²) in [4.78, 5) is 22.0. The summed E-state index contributed by atoms with van der Waals surface area (Å²) in [5.41, 5.74) is 0. The van der Waals surface area contributed by atoms with E-state index in [1.165, 1.54) is 17.7 Å². The number of likely N-dealkylation sites (N-methyl/N-ethyl adjacent to an activating group) is 1. The minimum absolute atomic E-state index is 0. The smallest absolute Gasteiger partial charge is 0.243 e. The fourth-order valence-electron chi connectivity index (χ4n) is 3.62. The van der Waals surface area contributed by atoms with Crippen molar-refractivity contribution in [3.05, 3.63) is 22.4 Å². The predicted molar refractivity (Wildman–Crippen MR) is 129 cm³/mol. The van der Waals surface area contributed by atoms with E-state index in [1.54, 1.807) is 30.3 Å². The molecule has 3 heterocycles. The van der Waals surface area contributed by atoms with Gasteiger partial charge < -0.3 is 20.3 Å². The molecule has 9 heteroatoms. The highest BCUT2D eigenvalue weighted by Crippen LogP contribution is 2.27. The van der Waals surface area contributed by atoms with Gasteiger partial charge in [0.05, 0.1) is 12.1 Å². The molecule has 2 saturated heterocycles. The van der Waals surface area contributed by atoms with Gasteiger partial charge in [0, 0.05) is 38.7 Å². The molecule has 0 aromatic carbocycles. The largest absolute Gasteiger partial charge is 0.376 e. The number of thiophene rings is 1. The summed E-state index contributed by atoms with van der Waals surface area (Å²) in [6, 6.07) is 4.66. The van der Waals surface area contributed by atoms with Crippen molar-refractivity contribution in [3.8, 4) is 0 Å². The second-order valence-corrected chi connectivity index (χ2v) is 8.60. The average molecular weight is 535 g/mol. The first-order valence-corrected chi connectivity index (χ1v) is 11.1. The van der Waals surface area contributed by atoms with Gasteiger partial charge in [0.2, 0.25) is 5.91 Å². The highest BCUT2D eigenvalue weighted by molar-refractivity contribution is 14.0. The topological polar surface area (TPSA) is 69.2 Å². The van der Waals surface area contributed by atoms with Crippen LogP contribution in [0.15, 0.2) is 22.5 Å². The summed E-state index contributed by atoms with van der Waals surface area (Å²) in [5, 5.41) is 8.99. The lowest BCUT2D eigenvalue weighted by Gasteiger charge is -2.28. The second-order valence-electron chi connectivity index (χ2n) is 7.62. The molecule has 3 rings (SSSR count). The van der Waals surface area contributed by atoms with E-state index in [0.717, 1.165) is 45.6 Å². The molecule has 2 fully saturated rings. The van der Waals surface area contributed by atoms with Crippen LogP contribution in [0.1, 0.15) is 36.6 Å². The van der Waals surface area contributed by atoms with Crippen LogP contribution in [0, 0.1) is 0 Å². The van der Waals surface area contributed by atoms with Gasteiger partial charge in [-0.2, -0.15) is 0 Å². The number of nitrogens with zero attached hydrogens (tertiary/aromatic N) is 3. The maximum atomic E-state index is 12.0. The summed E-state index contributed by atoms with van der Waals surface area (Å²) in [5.74, 6) is 0.680. The third kappa shape index (κ3) is 7.69. The van der Waals surface area contributed by atoms with E-state index in [2.05, 4.69) is 38.0 Å². The average Bonchev–Trinajstić information content (AvgIpc) is 3.46. The van der Waals surface area contributed by atoms with Gasteiger partial charge in [-0.05, 0) is 50.2 Å². The van der Waals surface area contributed by atoms with Crippen LogP contribution in [0.5, 0.6) is 0 Å². The van der Waals surface area contributed by atoms with Crippen LogP contribution in [0.2, 0.25) is 0 Å². The summed E-state index contributed by atoms with van der Waals surface area (Å²) in [6.07, 6.45) is 4.93. The van der Waals surface area contributed by atoms with Gasteiger partial charge in [-0.15, -0.1) is 35.3 Å². The summed E-state index contributed by atoms with van der Waals surface area (Å²) < 4.78 is 5.71. The lowest BCUT2D eigenvalue weighted by atomic mass is 10.2. The number of carbonyl (C=O) groups is 1. The monoisotopic (exact) mass is 535 g/mol. The van der Waals surface area contributed by atoms with Gasteiger partial charge in [0.15, 0.2) is 5.96 Å². The maximum absolute atomic E-state index is 12.0. The van der Waals surface area contributed by atoms with Crippen molar-refractivity contribution in [1.29, 1.82) is 0 Å². The van der Waals surface area contributed by atoms with Crippen molar-refractivity contribution < 1.29 is 9.53 Å². The standard InChI is InChI=1S/C20H33N5O2S.HI/c1-24(2)19(26)15-23-20(21-13-16-7-5-11-27-16)22-14-17(18-8-6-12-28-18)25-9-3-4-10-25;/h6,8,12,16-17H,3-5,7,9-11,13-15H2,1-2H3,(H2,21,22,23);1H. The van der Waals surface area contributed by atoms with Gasteiger partial charge in [-0.25, -0.2) is 4.99 Å². The minimum Gasteiger partial charge on any atom is -0.376 e. The van der Waals surface area contributed by atoms with Crippen LogP contribution in [-0.2, 0) is 9.53 Å². The van der Waals surface area contributed by atoms with Crippen LogP contribution in [0.25, 0.3) is 0 Å². The molecule has 1 aromatic heterocycles. The normalized spacial score (nSPS) is 20.9. The van der Waals surface area contributed by atoms with Gasteiger partial charge in [-0.3, -0.25) is 9.69 Å². The number of amides is 1. The van der Waals surface area contributed by atoms with E-state index >= 15 is 0 Å². The number of halogens is 1. The number of nitrogens with one attached hydrogen (secondary N) is 2. The lowest BCUT2D eigenvalue weighted by Crippen LogP contribution is -2.45. The molecule has 164 valence electrons. The van der Waals surface area contributed by atoms with Crippen molar-refractivity contribution in [3.63, 3.8) is 0 Å². The number of aliphatic imine (C=N–C) groups is 1. The van der Waals surface area contributed by atoms with Crippen LogP contribution in [-0.4, -0.2) is 81.2 Å². The Morgan fingerprint density at radius 3 is 2.76 bits per heavy atom. The summed E-state index contributed by atoms with van der Waals surface area (Å²) in [6.45, 7) is 4.74. The molecule has 0 bridgehead atoms. The number of rotatable bonds is 8. The quantitative estimate of drug-likeness (QED) is 0.304. The zero-order chi connectivity index (χ0) is 19.8. The fraction of sp³-hybridized carbons (Fsp3) is 0.700. The molecule has 0 spiro atoms. The van der Waals surface area contributed by atoms with Crippen molar-refractivity contribution in [2.45, 2.75) is 37.8 Å². The van der Waals surface area contributed by atoms with E-state index < -0.39 is 0 Å². The molecule has 0 saturated carbocycles. The number of hydrogen-bond acceptors (Lipinski definition) is 5. The highest BCUT2D eigenvalue weighted by Gasteiger charge is 2.24. The van der Waals surface area contributed by atoms with Crippen LogP contribution < -0.4 is 10.6 Å². The van der Waals surface area contributed by atoms with Gasteiger partial charge in [0.25, 0.3) is 0 Å². The van der Waals surface area contributed by atoms with Crippen molar-refractivity contribution >= 4 is 47.2 Å². The van der Waals surface area contributed by atoms with Gasteiger partial charge in [0.1, 0.15) is 6.54 Å². The Kier molecular flexibility index (Phi) is 10.7. The zero-order valence-electron chi connectivity index (χ0n) is 17.4. The van der Waals surface area contributed by atoms with E-state index in [-0.39, 0.29) is 42.5 Å². The van der Waals surface area contributed by atoms with E-state index in [0.29, 0.717) is 12.0 Å². The maximum Gasteiger partial charge on any atom is 0.243 e. The van der Waals surface area contributed by atoms with Gasteiger partial charge in [-0.1, -0.05) is 6.07 Å². The van der Waals surface area contributed by atoms with Crippen LogP contribution in [0.4, 0.5) is 0 Å². The van der Waals surface area contributed by atoms with Crippen LogP contribution >= 0.6 is 35.3 Å².